The van der Waals surface area contributed by atoms with Gasteiger partial charge in [-0.05, 0) is 67.3 Å². The lowest BCUT2D eigenvalue weighted by Crippen LogP contribution is -2.68. The van der Waals surface area contributed by atoms with Gasteiger partial charge in [-0.2, -0.15) is 0 Å². The second kappa shape index (κ2) is 11.6. The van der Waals surface area contributed by atoms with Gasteiger partial charge >= 0.3 is 6.03 Å². The molecule has 2 fully saturated rings. The van der Waals surface area contributed by atoms with Crippen LogP contribution >= 0.6 is 0 Å². The number of aliphatic hydroxyl groups excluding tert-OH is 1. The summed E-state index contributed by atoms with van der Waals surface area (Å²) >= 11 is 0. The Balaban J connectivity index is 1.47. The number of amides is 2. The van der Waals surface area contributed by atoms with Crippen molar-refractivity contribution in [3.05, 3.63) is 59.7 Å². The van der Waals surface area contributed by atoms with Crippen LogP contribution in [0.2, 0.25) is 0 Å². The van der Waals surface area contributed by atoms with Gasteiger partial charge in [-0.3, -0.25) is 4.90 Å². The molecule has 2 amide bonds. The number of fused-ring (bicyclic) bond motifs is 1. The van der Waals surface area contributed by atoms with Gasteiger partial charge < -0.3 is 20.1 Å². The van der Waals surface area contributed by atoms with E-state index in [4.69, 9.17) is 4.74 Å². The minimum Gasteiger partial charge on any atom is -0.497 e. The van der Waals surface area contributed by atoms with Crippen molar-refractivity contribution in [2.24, 2.45) is 5.92 Å². The predicted octanol–water partition coefficient (Wildman–Crippen LogP) is 4.55. The largest absolute Gasteiger partial charge is 0.497 e. The number of urea groups is 1. The maximum atomic E-state index is 13.2. The lowest BCUT2D eigenvalue weighted by atomic mass is 9.74. The zero-order valence-corrected chi connectivity index (χ0v) is 21.0. The smallest absolute Gasteiger partial charge is 0.321 e. The van der Waals surface area contributed by atoms with E-state index < -0.39 is 0 Å². The summed E-state index contributed by atoms with van der Waals surface area (Å²) < 4.78 is 5.21. The fraction of sp³-hybridized carbons (Fsp3) is 0.483. The Morgan fingerprint density at radius 2 is 1.83 bits per heavy atom. The molecule has 0 aliphatic carbocycles. The summed E-state index contributed by atoms with van der Waals surface area (Å²) in [6.45, 7) is 6.79. The summed E-state index contributed by atoms with van der Waals surface area (Å²) in [5.74, 6) is 8.01. The Kier molecular flexibility index (Phi) is 8.33. The van der Waals surface area contributed by atoms with Crippen LogP contribution in [0.5, 0.6) is 5.75 Å². The van der Waals surface area contributed by atoms with Crippen LogP contribution in [0.25, 0.3) is 0 Å². The third-order valence-electron chi connectivity index (χ3n) is 7.04. The molecule has 2 aliphatic rings. The minimum atomic E-state index is -0.0843. The number of benzene rings is 2. The van der Waals surface area contributed by atoms with Crippen LogP contribution in [0.3, 0.4) is 0 Å². The van der Waals surface area contributed by atoms with E-state index in [0.29, 0.717) is 12.5 Å². The highest BCUT2D eigenvalue weighted by molar-refractivity contribution is 5.89. The molecule has 2 aromatic carbocycles. The van der Waals surface area contributed by atoms with E-state index in [1.807, 2.05) is 29.2 Å². The minimum absolute atomic E-state index is 0.0843. The molecule has 0 unspecified atom stereocenters. The van der Waals surface area contributed by atoms with Crippen LogP contribution in [0.4, 0.5) is 10.5 Å². The summed E-state index contributed by atoms with van der Waals surface area (Å²) in [5, 5.41) is 13.2. The molecule has 3 atom stereocenters. The predicted molar refractivity (Wildman–Crippen MR) is 140 cm³/mol. The van der Waals surface area contributed by atoms with Crippen molar-refractivity contribution in [1.82, 2.24) is 9.80 Å². The second-order valence-electron chi connectivity index (χ2n) is 9.91. The topological polar surface area (TPSA) is 65.0 Å². The zero-order valence-electron chi connectivity index (χ0n) is 21.0. The summed E-state index contributed by atoms with van der Waals surface area (Å²) in [7, 11) is 1.63. The number of anilines is 1. The molecule has 186 valence electrons. The van der Waals surface area contributed by atoms with Gasteiger partial charge in [-0.15, -0.1) is 0 Å². The SMILES string of the molecule is COc1ccc(NC(=O)N2CCCCN3[C@H](CO)[C@@H](c4ccc(C#CCC(C)C)cc4)[C@H]3C2)cc1. The number of nitrogens with one attached hydrogen (secondary N) is 1. The first-order valence-corrected chi connectivity index (χ1v) is 12.7. The molecule has 2 aliphatic heterocycles. The van der Waals surface area contributed by atoms with Gasteiger partial charge in [0.05, 0.1) is 13.7 Å². The van der Waals surface area contributed by atoms with E-state index in [9.17, 15) is 9.90 Å². The number of nitrogens with zero attached hydrogens (tertiary/aromatic N) is 2. The van der Waals surface area contributed by atoms with Crippen LogP contribution < -0.4 is 10.1 Å². The molecule has 0 aromatic heterocycles. The first-order chi connectivity index (χ1) is 17.0. The second-order valence-corrected chi connectivity index (χ2v) is 9.91. The zero-order chi connectivity index (χ0) is 24.8. The Bertz CT molecular complexity index is 1040. The highest BCUT2D eigenvalue weighted by Gasteiger charge is 2.49. The number of ether oxygens (including phenoxy) is 1. The molecular formula is C29H37N3O3. The maximum Gasteiger partial charge on any atom is 0.321 e. The number of rotatable bonds is 5. The van der Waals surface area contributed by atoms with Gasteiger partial charge in [0, 0.05) is 48.8 Å². The van der Waals surface area contributed by atoms with Crippen molar-refractivity contribution in [2.75, 3.05) is 38.7 Å². The molecule has 0 spiro atoms. The Morgan fingerprint density at radius 3 is 2.49 bits per heavy atom. The van der Waals surface area contributed by atoms with E-state index in [-0.39, 0.29) is 30.6 Å². The van der Waals surface area contributed by atoms with Gasteiger partial charge in [-0.1, -0.05) is 37.8 Å². The van der Waals surface area contributed by atoms with Crippen LogP contribution in [-0.4, -0.2) is 66.4 Å². The van der Waals surface area contributed by atoms with Gasteiger partial charge in [0.1, 0.15) is 5.75 Å². The fourth-order valence-corrected chi connectivity index (χ4v) is 5.15. The molecule has 0 saturated carbocycles. The Labute approximate surface area is 209 Å². The highest BCUT2D eigenvalue weighted by Crippen LogP contribution is 2.42. The summed E-state index contributed by atoms with van der Waals surface area (Å²) in [5.41, 5.74) is 2.97. The van der Waals surface area contributed by atoms with Crippen molar-refractivity contribution < 1.29 is 14.6 Å². The summed E-state index contributed by atoms with van der Waals surface area (Å²) in [4.78, 5) is 17.5. The molecule has 2 aromatic rings. The molecule has 4 rings (SSSR count). The van der Waals surface area contributed by atoms with Crippen LogP contribution in [0, 0.1) is 17.8 Å². The summed E-state index contributed by atoms with van der Waals surface area (Å²) in [6, 6.07) is 16.0. The summed E-state index contributed by atoms with van der Waals surface area (Å²) in [6.07, 6.45) is 2.85. The average molecular weight is 476 g/mol. The number of carbonyl (C=O) groups is 1. The average Bonchev–Trinajstić information content (AvgIpc) is 2.84. The Morgan fingerprint density at radius 1 is 1.11 bits per heavy atom. The maximum absolute atomic E-state index is 13.2. The van der Waals surface area contributed by atoms with Gasteiger partial charge in [0.2, 0.25) is 0 Å². The normalized spacial score (nSPS) is 22.2. The molecule has 2 N–H and O–H groups in total. The van der Waals surface area contributed by atoms with Crippen molar-refractivity contribution in [1.29, 1.82) is 0 Å². The molecule has 2 saturated heterocycles. The van der Waals surface area contributed by atoms with E-state index in [2.05, 4.69) is 60.2 Å². The number of methoxy groups -OCH3 is 1. The van der Waals surface area contributed by atoms with Gasteiger partial charge in [0.25, 0.3) is 0 Å². The Hall–Kier alpha value is -3.01. The van der Waals surface area contributed by atoms with Gasteiger partial charge in [-0.25, -0.2) is 4.79 Å². The van der Waals surface area contributed by atoms with Crippen LogP contribution in [-0.2, 0) is 0 Å². The fourth-order valence-electron chi connectivity index (χ4n) is 5.15. The molecule has 35 heavy (non-hydrogen) atoms. The molecular weight excluding hydrogens is 438 g/mol. The van der Waals surface area contributed by atoms with E-state index in [1.165, 1.54) is 5.56 Å². The van der Waals surface area contributed by atoms with Gasteiger partial charge in [0.15, 0.2) is 0 Å². The van der Waals surface area contributed by atoms with E-state index in [0.717, 1.165) is 49.4 Å². The lowest BCUT2D eigenvalue weighted by Gasteiger charge is -2.57. The number of hydrogen-bond acceptors (Lipinski definition) is 4. The highest BCUT2D eigenvalue weighted by atomic mass is 16.5. The monoisotopic (exact) mass is 475 g/mol. The van der Waals surface area contributed by atoms with Crippen LogP contribution in [0.1, 0.15) is 50.2 Å². The lowest BCUT2D eigenvalue weighted by molar-refractivity contribution is -0.0585. The molecule has 2 heterocycles. The number of hydrogen-bond donors (Lipinski definition) is 2. The number of carbonyl (C=O) groups excluding carboxylic acids is 1. The van der Waals surface area contributed by atoms with Crippen molar-refractivity contribution in [3.63, 3.8) is 0 Å². The van der Waals surface area contributed by atoms with E-state index >= 15 is 0 Å². The van der Waals surface area contributed by atoms with E-state index in [1.54, 1.807) is 7.11 Å². The third-order valence-corrected chi connectivity index (χ3v) is 7.04. The first-order valence-electron chi connectivity index (χ1n) is 12.7. The standard InChI is InChI=1S/C29H37N3O3/c1-21(2)7-6-8-22-9-11-23(12-10-22)28-26-19-31(17-4-5-18-32(26)27(28)20-33)29(34)30-24-13-15-25(35-3)16-14-24/h9-16,21,26-28,33H,4-5,7,17-20H2,1-3H3,(H,30,34)/t26-,27-,28+/m1/s1. The third kappa shape index (κ3) is 5.98. The first kappa shape index (κ1) is 25.1. The van der Waals surface area contributed by atoms with Crippen molar-refractivity contribution >= 4 is 11.7 Å². The number of aliphatic hydroxyl groups is 1. The quantitative estimate of drug-likeness (QED) is 0.623. The molecule has 6 nitrogen and oxygen atoms in total. The molecule has 6 heteroatoms. The van der Waals surface area contributed by atoms with Crippen molar-refractivity contribution in [2.45, 2.75) is 51.1 Å². The molecule has 0 bridgehead atoms. The van der Waals surface area contributed by atoms with Crippen LogP contribution in [0.15, 0.2) is 48.5 Å². The van der Waals surface area contributed by atoms with Crippen molar-refractivity contribution in [3.8, 4) is 17.6 Å². The molecule has 0 radical (unpaired) electrons.